The summed E-state index contributed by atoms with van der Waals surface area (Å²) in [6.45, 7) is 3.66. The van der Waals surface area contributed by atoms with Crippen LogP contribution in [0.1, 0.15) is 50.3 Å². The largest absolute Gasteiger partial charge is 0.384 e. The number of ether oxygens (including phenoxy) is 1. The first-order valence-electron chi connectivity index (χ1n) is 10.2. The van der Waals surface area contributed by atoms with Crippen LogP contribution in [0.25, 0.3) is 0 Å². The second-order valence-corrected chi connectivity index (χ2v) is 8.63. The van der Waals surface area contributed by atoms with Crippen LogP contribution in [0, 0.1) is 11.3 Å². The maximum atomic E-state index is 13.4. The van der Waals surface area contributed by atoms with Crippen LogP contribution >= 0.6 is 0 Å². The topological polar surface area (TPSA) is 80.6 Å². The summed E-state index contributed by atoms with van der Waals surface area (Å²) < 4.78 is 7.22. The number of aromatic nitrogens is 1. The minimum atomic E-state index is -0.371. The highest BCUT2D eigenvalue weighted by Crippen LogP contribution is 2.46. The molecule has 1 saturated carbocycles. The van der Waals surface area contributed by atoms with Crippen LogP contribution in [0.3, 0.4) is 0 Å². The Morgan fingerprint density at radius 3 is 2.71 bits per heavy atom. The molecule has 152 valence electrons. The van der Waals surface area contributed by atoms with E-state index in [2.05, 4.69) is 5.32 Å². The molecular weight excluding hydrogens is 358 g/mol. The zero-order valence-electron chi connectivity index (χ0n) is 16.6. The Bertz CT molecular complexity index is 829. The molecule has 1 aliphatic carbocycles. The van der Waals surface area contributed by atoms with E-state index < -0.39 is 0 Å². The first-order chi connectivity index (χ1) is 13.4. The van der Waals surface area contributed by atoms with Gasteiger partial charge in [-0.1, -0.05) is 12.5 Å². The maximum absolute atomic E-state index is 13.4. The van der Waals surface area contributed by atoms with Gasteiger partial charge in [0.05, 0.1) is 18.1 Å². The standard InChI is InChI=1S/C21H29N3O4/c1-14(25)22-10-18-16-9-15(17-5-3-6-19(26)24(17)18)11-23(12-16)20(27)21(13-28-2)7-4-8-21/h3,5-6,15-16,18H,4,7-13H2,1-2H3,(H,22,25)/t15-,16+,18+/m1/s1. The molecule has 0 radical (unpaired) electrons. The average molecular weight is 387 g/mol. The fourth-order valence-electron chi connectivity index (χ4n) is 5.35. The van der Waals surface area contributed by atoms with Gasteiger partial charge in [-0.2, -0.15) is 0 Å². The molecule has 0 spiro atoms. The van der Waals surface area contributed by atoms with Crippen molar-refractivity contribution in [1.29, 1.82) is 0 Å². The highest BCUT2D eigenvalue weighted by Gasteiger charge is 2.49. The summed E-state index contributed by atoms with van der Waals surface area (Å²) in [5.74, 6) is 0.400. The molecule has 28 heavy (non-hydrogen) atoms. The molecule has 0 unspecified atom stereocenters. The zero-order chi connectivity index (χ0) is 19.9. The van der Waals surface area contributed by atoms with Crippen LogP contribution in [-0.4, -0.2) is 54.6 Å². The van der Waals surface area contributed by atoms with E-state index in [1.165, 1.54) is 6.92 Å². The van der Waals surface area contributed by atoms with Gasteiger partial charge in [0.25, 0.3) is 5.56 Å². The molecule has 1 aromatic heterocycles. The van der Waals surface area contributed by atoms with E-state index in [1.54, 1.807) is 19.2 Å². The van der Waals surface area contributed by atoms with Crippen molar-refractivity contribution in [2.75, 3.05) is 33.4 Å². The number of piperidine rings is 1. The first kappa shape index (κ1) is 19.2. The molecule has 0 aromatic carbocycles. The van der Waals surface area contributed by atoms with Gasteiger partial charge >= 0.3 is 0 Å². The lowest BCUT2D eigenvalue weighted by molar-refractivity contribution is -0.155. The Kier molecular flexibility index (Phi) is 5.04. The number of methoxy groups -OCH3 is 1. The molecule has 7 nitrogen and oxygen atoms in total. The molecule has 2 aliphatic heterocycles. The number of hydrogen-bond acceptors (Lipinski definition) is 4. The number of amides is 2. The molecule has 2 amide bonds. The fourth-order valence-corrected chi connectivity index (χ4v) is 5.35. The fraction of sp³-hybridized carbons (Fsp3) is 0.667. The molecule has 2 bridgehead atoms. The lowest BCUT2D eigenvalue weighted by Crippen LogP contribution is -2.57. The number of rotatable bonds is 5. The van der Waals surface area contributed by atoms with E-state index in [0.29, 0.717) is 26.2 Å². The first-order valence-corrected chi connectivity index (χ1v) is 10.2. The normalized spacial score (nSPS) is 27.5. The smallest absolute Gasteiger partial charge is 0.251 e. The Morgan fingerprint density at radius 2 is 2.07 bits per heavy atom. The molecular formula is C21H29N3O4. The Labute approximate surface area is 165 Å². The van der Waals surface area contributed by atoms with E-state index >= 15 is 0 Å². The maximum Gasteiger partial charge on any atom is 0.251 e. The third kappa shape index (κ3) is 3.15. The Hall–Kier alpha value is -2.15. The van der Waals surface area contributed by atoms with Crippen molar-refractivity contribution in [2.45, 2.75) is 44.6 Å². The second kappa shape index (κ2) is 7.35. The Balaban J connectivity index is 1.64. The summed E-state index contributed by atoms with van der Waals surface area (Å²) in [4.78, 5) is 39.5. The van der Waals surface area contributed by atoms with E-state index in [9.17, 15) is 14.4 Å². The molecule has 1 saturated heterocycles. The highest BCUT2D eigenvalue weighted by molar-refractivity contribution is 5.84. The monoisotopic (exact) mass is 387 g/mol. The van der Waals surface area contributed by atoms with Gasteiger partial charge in [-0.25, -0.2) is 0 Å². The summed E-state index contributed by atoms with van der Waals surface area (Å²) in [5.41, 5.74) is 0.576. The van der Waals surface area contributed by atoms with Gasteiger partial charge in [0.2, 0.25) is 11.8 Å². The van der Waals surface area contributed by atoms with Crippen molar-refractivity contribution in [2.24, 2.45) is 11.3 Å². The van der Waals surface area contributed by atoms with Crippen molar-refractivity contribution >= 4 is 11.8 Å². The van der Waals surface area contributed by atoms with Crippen LogP contribution in [0.4, 0.5) is 0 Å². The van der Waals surface area contributed by atoms with Crippen molar-refractivity contribution < 1.29 is 14.3 Å². The highest BCUT2D eigenvalue weighted by atomic mass is 16.5. The molecule has 1 aromatic rings. The summed E-state index contributed by atoms with van der Waals surface area (Å²) in [5, 5.41) is 2.88. The van der Waals surface area contributed by atoms with Gasteiger partial charge in [0.15, 0.2) is 0 Å². The number of carbonyl (C=O) groups is 2. The molecule has 2 fully saturated rings. The van der Waals surface area contributed by atoms with Crippen molar-refractivity contribution in [3.63, 3.8) is 0 Å². The van der Waals surface area contributed by atoms with Gasteiger partial charge in [-0.3, -0.25) is 14.4 Å². The summed E-state index contributed by atoms with van der Waals surface area (Å²) in [6, 6.07) is 5.24. The molecule has 3 aliphatic rings. The molecule has 7 heteroatoms. The third-order valence-corrected chi connectivity index (χ3v) is 6.83. The molecule has 4 rings (SSSR count). The van der Waals surface area contributed by atoms with E-state index in [0.717, 1.165) is 31.4 Å². The van der Waals surface area contributed by atoms with Crippen molar-refractivity contribution in [3.05, 3.63) is 34.2 Å². The van der Waals surface area contributed by atoms with Crippen LogP contribution in [0.2, 0.25) is 0 Å². The molecule has 3 atom stereocenters. The van der Waals surface area contributed by atoms with Gasteiger partial charge in [0, 0.05) is 51.3 Å². The molecule has 1 N–H and O–H groups in total. The summed E-state index contributed by atoms with van der Waals surface area (Å²) >= 11 is 0. The Morgan fingerprint density at radius 1 is 1.29 bits per heavy atom. The average Bonchev–Trinajstić information content (AvgIpc) is 2.64. The minimum Gasteiger partial charge on any atom is -0.384 e. The van der Waals surface area contributed by atoms with Crippen LogP contribution in [0.15, 0.2) is 23.0 Å². The van der Waals surface area contributed by atoms with Gasteiger partial charge < -0.3 is 19.5 Å². The lowest BCUT2D eigenvalue weighted by Gasteiger charge is -2.50. The summed E-state index contributed by atoms with van der Waals surface area (Å²) in [6.07, 6.45) is 3.78. The van der Waals surface area contributed by atoms with E-state index in [4.69, 9.17) is 4.74 Å². The minimum absolute atomic E-state index is 0.0304. The van der Waals surface area contributed by atoms with Crippen LogP contribution in [-0.2, 0) is 14.3 Å². The number of nitrogens with zero attached hydrogens (tertiary/aromatic N) is 2. The number of nitrogens with one attached hydrogen (secondary N) is 1. The van der Waals surface area contributed by atoms with Gasteiger partial charge in [0.1, 0.15) is 0 Å². The summed E-state index contributed by atoms with van der Waals surface area (Å²) in [7, 11) is 1.66. The number of pyridine rings is 1. The number of likely N-dealkylation sites (tertiary alicyclic amines) is 1. The lowest BCUT2D eigenvalue weighted by atomic mass is 9.67. The predicted octanol–water partition coefficient (Wildman–Crippen LogP) is 1.29. The zero-order valence-corrected chi connectivity index (χ0v) is 16.6. The van der Waals surface area contributed by atoms with Gasteiger partial charge in [-0.05, 0) is 31.2 Å². The number of hydrogen-bond donors (Lipinski definition) is 1. The second-order valence-electron chi connectivity index (χ2n) is 8.63. The van der Waals surface area contributed by atoms with Crippen molar-refractivity contribution in [1.82, 2.24) is 14.8 Å². The van der Waals surface area contributed by atoms with Crippen LogP contribution < -0.4 is 10.9 Å². The van der Waals surface area contributed by atoms with Crippen LogP contribution in [0.5, 0.6) is 0 Å². The van der Waals surface area contributed by atoms with Crippen molar-refractivity contribution in [3.8, 4) is 0 Å². The van der Waals surface area contributed by atoms with E-state index in [-0.39, 0.29) is 40.7 Å². The van der Waals surface area contributed by atoms with Gasteiger partial charge in [-0.15, -0.1) is 0 Å². The number of carbonyl (C=O) groups excluding carboxylic acids is 2. The SMILES string of the molecule is COCC1(C(=O)N2C[C@H]3C[C@@H](C2)[C@H](CNC(C)=O)n2c3cccc2=O)CCC1. The quantitative estimate of drug-likeness (QED) is 0.826. The predicted molar refractivity (Wildman–Crippen MR) is 104 cm³/mol. The van der Waals surface area contributed by atoms with E-state index in [1.807, 2.05) is 15.5 Å². The number of fused-ring (bicyclic) bond motifs is 4. The third-order valence-electron chi connectivity index (χ3n) is 6.83. The molecule has 3 heterocycles.